The summed E-state index contributed by atoms with van der Waals surface area (Å²) in [6.07, 6.45) is 11.8. The van der Waals surface area contributed by atoms with Gasteiger partial charge in [0.05, 0.1) is 6.54 Å². The van der Waals surface area contributed by atoms with Crippen molar-refractivity contribution in [2.24, 2.45) is 23.9 Å². The van der Waals surface area contributed by atoms with Crippen LogP contribution >= 0.6 is 0 Å². The van der Waals surface area contributed by atoms with Crippen LogP contribution in [0.1, 0.15) is 12.8 Å². The normalized spacial score (nSPS) is 22.7. The first-order valence-electron chi connectivity index (χ1n) is 7.82. The highest BCUT2D eigenvalue weighted by atomic mass is 16.5. The number of nitrogens with one attached hydrogen (secondary N) is 1. The van der Waals surface area contributed by atoms with Gasteiger partial charge in [-0.3, -0.25) is 14.5 Å². The number of aryl methyl sites for hydroxylation is 1. The third-order valence-electron chi connectivity index (χ3n) is 4.11. The van der Waals surface area contributed by atoms with Crippen LogP contribution in [0.5, 0.6) is 5.88 Å². The van der Waals surface area contributed by atoms with E-state index in [1.807, 2.05) is 43.6 Å². The second-order valence-electron chi connectivity index (χ2n) is 6.07. The number of nitrogens with zero attached hydrogens (tertiary/aromatic N) is 3. The number of carbonyl (C=O) groups is 1. The van der Waals surface area contributed by atoms with Gasteiger partial charge >= 0.3 is 0 Å². The molecule has 6 heteroatoms. The summed E-state index contributed by atoms with van der Waals surface area (Å²) in [5.41, 5.74) is 1.14. The van der Waals surface area contributed by atoms with Crippen LogP contribution in [0.3, 0.4) is 0 Å². The summed E-state index contributed by atoms with van der Waals surface area (Å²) in [6.45, 7) is 0.617. The fourth-order valence-corrected chi connectivity index (χ4v) is 2.65. The first kappa shape index (κ1) is 14.0. The number of fused-ring (bicyclic) bond motifs is 1. The minimum absolute atomic E-state index is 0.0913. The molecule has 4 rings (SSSR count). The lowest BCUT2D eigenvalue weighted by Crippen LogP contribution is -2.33. The molecule has 1 amide bonds. The predicted octanol–water partition coefficient (Wildman–Crippen LogP) is 1.73. The maximum atomic E-state index is 11.8. The molecule has 1 aromatic heterocycles. The molecular formula is C17H18N4O2. The van der Waals surface area contributed by atoms with Crippen LogP contribution < -0.4 is 10.1 Å². The Morgan fingerprint density at radius 1 is 1.39 bits per heavy atom. The number of allylic oxidation sites excluding steroid dienone is 2. The number of hydrogen-bond donors (Lipinski definition) is 1. The highest BCUT2D eigenvalue weighted by Crippen LogP contribution is 2.29. The van der Waals surface area contributed by atoms with E-state index >= 15 is 0 Å². The minimum Gasteiger partial charge on any atom is -0.438 e. The SMILES string of the molecule is Cn1ccc(OC2=CC3CN=C(NC(=O)C4CC4)C=C3C=C2)n1. The fourth-order valence-electron chi connectivity index (χ4n) is 2.65. The van der Waals surface area contributed by atoms with E-state index < -0.39 is 0 Å². The van der Waals surface area contributed by atoms with Crippen molar-refractivity contribution in [3.63, 3.8) is 0 Å². The van der Waals surface area contributed by atoms with E-state index in [0.29, 0.717) is 18.3 Å². The number of carbonyl (C=O) groups excluding carboxylic acids is 1. The topological polar surface area (TPSA) is 68.5 Å². The van der Waals surface area contributed by atoms with Crippen molar-refractivity contribution < 1.29 is 9.53 Å². The van der Waals surface area contributed by atoms with Crippen LogP contribution in [0.2, 0.25) is 0 Å². The van der Waals surface area contributed by atoms with E-state index in [9.17, 15) is 4.79 Å². The monoisotopic (exact) mass is 310 g/mol. The lowest BCUT2D eigenvalue weighted by atomic mass is 9.91. The van der Waals surface area contributed by atoms with E-state index in [2.05, 4.69) is 15.4 Å². The Kier molecular flexibility index (Phi) is 3.37. The summed E-state index contributed by atoms with van der Waals surface area (Å²) >= 11 is 0. The molecule has 1 N–H and O–H groups in total. The summed E-state index contributed by atoms with van der Waals surface area (Å²) in [6, 6.07) is 1.82. The Morgan fingerprint density at radius 3 is 3.00 bits per heavy atom. The Morgan fingerprint density at radius 2 is 2.26 bits per heavy atom. The number of rotatable bonds is 3. The second kappa shape index (κ2) is 5.53. The van der Waals surface area contributed by atoms with Crippen molar-refractivity contribution >= 4 is 11.7 Å². The number of ether oxygens (including phenoxy) is 1. The molecule has 1 saturated carbocycles. The molecule has 2 heterocycles. The summed E-state index contributed by atoms with van der Waals surface area (Å²) in [5.74, 6) is 2.47. The average Bonchev–Trinajstić information content (AvgIpc) is 3.31. The van der Waals surface area contributed by atoms with Crippen LogP contribution in [0.25, 0.3) is 0 Å². The quantitative estimate of drug-likeness (QED) is 0.924. The number of aliphatic imine (C=N–C) groups is 1. The zero-order valence-corrected chi connectivity index (χ0v) is 12.9. The molecule has 6 nitrogen and oxygen atoms in total. The van der Waals surface area contributed by atoms with Crippen LogP contribution in [-0.4, -0.2) is 28.1 Å². The van der Waals surface area contributed by atoms with Crippen LogP contribution in [0, 0.1) is 11.8 Å². The molecule has 3 aliphatic rings. The van der Waals surface area contributed by atoms with Gasteiger partial charge in [-0.05, 0) is 36.6 Å². The summed E-state index contributed by atoms with van der Waals surface area (Å²) < 4.78 is 7.46. The smallest absolute Gasteiger partial charge is 0.238 e. The summed E-state index contributed by atoms with van der Waals surface area (Å²) in [7, 11) is 1.85. The number of amidine groups is 1. The molecule has 0 aromatic carbocycles. The van der Waals surface area contributed by atoms with E-state index in [-0.39, 0.29) is 17.7 Å². The zero-order valence-electron chi connectivity index (χ0n) is 12.9. The minimum atomic E-state index is 0.0913. The van der Waals surface area contributed by atoms with Crippen molar-refractivity contribution in [1.29, 1.82) is 0 Å². The van der Waals surface area contributed by atoms with E-state index in [1.165, 1.54) is 0 Å². The van der Waals surface area contributed by atoms with Crippen molar-refractivity contribution in [1.82, 2.24) is 15.1 Å². The molecule has 0 radical (unpaired) electrons. The Balaban J connectivity index is 1.42. The van der Waals surface area contributed by atoms with Gasteiger partial charge in [0.1, 0.15) is 11.6 Å². The third kappa shape index (κ3) is 3.11. The molecule has 1 fully saturated rings. The van der Waals surface area contributed by atoms with Crippen molar-refractivity contribution in [3.05, 3.63) is 47.9 Å². The molecule has 0 bridgehead atoms. The highest BCUT2D eigenvalue weighted by Gasteiger charge is 2.30. The van der Waals surface area contributed by atoms with Crippen LogP contribution in [0.4, 0.5) is 0 Å². The Hall–Kier alpha value is -2.63. The molecule has 0 saturated heterocycles. The molecule has 2 aliphatic carbocycles. The molecule has 0 spiro atoms. The number of hydrogen-bond acceptors (Lipinski definition) is 4. The standard InChI is InChI=1S/C17H18N4O2/c1-21-7-6-16(20-21)23-14-5-4-12-9-15(18-10-13(12)8-14)19-17(22)11-2-3-11/h4-9,11,13H,2-3,10H2,1H3,(H,18,19,22). The number of dihydropyridines is 1. The first-order chi connectivity index (χ1) is 11.2. The molecule has 1 aliphatic heterocycles. The molecule has 1 atom stereocenters. The first-order valence-corrected chi connectivity index (χ1v) is 7.82. The van der Waals surface area contributed by atoms with Gasteiger partial charge in [0.25, 0.3) is 0 Å². The summed E-state index contributed by atoms with van der Waals surface area (Å²) in [5, 5.41) is 7.11. The number of amides is 1. The predicted molar refractivity (Wildman–Crippen MR) is 85.8 cm³/mol. The van der Waals surface area contributed by atoms with Crippen molar-refractivity contribution in [2.45, 2.75) is 12.8 Å². The zero-order chi connectivity index (χ0) is 15.8. The third-order valence-corrected chi connectivity index (χ3v) is 4.11. The van der Waals surface area contributed by atoms with Gasteiger partial charge in [0.15, 0.2) is 0 Å². The maximum absolute atomic E-state index is 11.8. The lowest BCUT2D eigenvalue weighted by Gasteiger charge is -2.22. The van der Waals surface area contributed by atoms with Crippen molar-refractivity contribution in [3.8, 4) is 5.88 Å². The molecule has 118 valence electrons. The number of aromatic nitrogens is 2. The Labute approximate surface area is 134 Å². The van der Waals surface area contributed by atoms with Gasteiger partial charge in [-0.2, -0.15) is 0 Å². The lowest BCUT2D eigenvalue weighted by molar-refractivity contribution is -0.120. The molecular weight excluding hydrogens is 292 g/mol. The highest BCUT2D eigenvalue weighted by molar-refractivity contribution is 6.06. The van der Waals surface area contributed by atoms with Gasteiger partial charge in [-0.15, -0.1) is 5.10 Å². The van der Waals surface area contributed by atoms with E-state index in [1.54, 1.807) is 4.68 Å². The largest absolute Gasteiger partial charge is 0.438 e. The molecule has 1 aromatic rings. The van der Waals surface area contributed by atoms with Gasteiger partial charge < -0.3 is 10.1 Å². The average molecular weight is 310 g/mol. The van der Waals surface area contributed by atoms with Gasteiger partial charge in [0.2, 0.25) is 11.8 Å². The Bertz CT molecular complexity index is 765. The van der Waals surface area contributed by atoms with Crippen LogP contribution in [0.15, 0.2) is 52.9 Å². The fraction of sp³-hybridized carbons (Fsp3) is 0.353. The molecule has 1 unspecified atom stereocenters. The van der Waals surface area contributed by atoms with Crippen molar-refractivity contribution in [2.75, 3.05) is 6.54 Å². The van der Waals surface area contributed by atoms with Crippen LogP contribution in [-0.2, 0) is 11.8 Å². The van der Waals surface area contributed by atoms with Gasteiger partial charge in [-0.1, -0.05) is 6.08 Å². The van der Waals surface area contributed by atoms with E-state index in [0.717, 1.165) is 24.2 Å². The maximum Gasteiger partial charge on any atom is 0.238 e. The van der Waals surface area contributed by atoms with Gasteiger partial charge in [-0.25, -0.2) is 0 Å². The second-order valence-corrected chi connectivity index (χ2v) is 6.07. The van der Waals surface area contributed by atoms with E-state index in [4.69, 9.17) is 4.74 Å². The van der Waals surface area contributed by atoms with Gasteiger partial charge in [0, 0.05) is 31.1 Å². The molecule has 23 heavy (non-hydrogen) atoms. The summed E-state index contributed by atoms with van der Waals surface area (Å²) in [4.78, 5) is 16.3.